The smallest absolute Gasteiger partial charge is 0.274 e. The Balaban J connectivity index is 1.73. The fourth-order valence-corrected chi connectivity index (χ4v) is 3.02. The Kier molecular flexibility index (Phi) is 4.60. The summed E-state index contributed by atoms with van der Waals surface area (Å²) in [5.74, 6) is -0.172. The maximum Gasteiger partial charge on any atom is 0.274 e. The van der Waals surface area contributed by atoms with Gasteiger partial charge >= 0.3 is 0 Å². The van der Waals surface area contributed by atoms with Gasteiger partial charge in [0, 0.05) is 23.6 Å². The molecule has 1 saturated carbocycles. The van der Waals surface area contributed by atoms with Gasteiger partial charge in [0.1, 0.15) is 5.69 Å². The number of amides is 1. The molecule has 0 aliphatic heterocycles. The van der Waals surface area contributed by atoms with Crippen LogP contribution in [-0.2, 0) is 0 Å². The molecule has 4 nitrogen and oxygen atoms in total. The van der Waals surface area contributed by atoms with Crippen LogP contribution in [0.3, 0.4) is 0 Å². The lowest BCUT2D eigenvalue weighted by molar-refractivity contribution is 0.102. The topological polar surface area (TPSA) is 54.0 Å². The zero-order valence-corrected chi connectivity index (χ0v) is 13.7. The first-order valence-electron chi connectivity index (χ1n) is 8.23. The minimum Gasteiger partial charge on any atom is -0.382 e. The van der Waals surface area contributed by atoms with Crippen molar-refractivity contribution in [1.82, 2.24) is 4.98 Å². The molecule has 0 bridgehead atoms. The molecule has 1 amide bonds. The molecule has 0 atom stereocenters. The van der Waals surface area contributed by atoms with Crippen LogP contribution in [0, 0.1) is 13.8 Å². The van der Waals surface area contributed by atoms with E-state index >= 15 is 0 Å². The van der Waals surface area contributed by atoms with E-state index < -0.39 is 0 Å². The van der Waals surface area contributed by atoms with Crippen LogP contribution < -0.4 is 10.6 Å². The van der Waals surface area contributed by atoms with Gasteiger partial charge in [0.05, 0.1) is 0 Å². The molecular weight excluding hydrogens is 286 g/mol. The van der Waals surface area contributed by atoms with Gasteiger partial charge in [0.15, 0.2) is 0 Å². The molecule has 1 aliphatic rings. The normalized spacial score (nSPS) is 14.7. The fraction of sp³-hybridized carbons (Fsp3) is 0.368. The van der Waals surface area contributed by atoms with Crippen LogP contribution in [0.1, 0.15) is 47.3 Å². The molecule has 3 rings (SSSR count). The first-order chi connectivity index (χ1) is 11.1. The van der Waals surface area contributed by atoms with Crippen LogP contribution in [0.4, 0.5) is 11.4 Å². The quantitative estimate of drug-likeness (QED) is 0.885. The third-order valence-electron chi connectivity index (χ3n) is 4.57. The molecule has 0 saturated heterocycles. The Morgan fingerprint density at radius 2 is 1.96 bits per heavy atom. The molecule has 0 unspecified atom stereocenters. The van der Waals surface area contributed by atoms with Crippen LogP contribution in [-0.4, -0.2) is 16.9 Å². The van der Waals surface area contributed by atoms with Crippen molar-refractivity contribution in [2.75, 3.05) is 10.6 Å². The van der Waals surface area contributed by atoms with Crippen molar-refractivity contribution in [3.8, 4) is 0 Å². The maximum absolute atomic E-state index is 12.5. The Morgan fingerprint density at radius 1 is 1.17 bits per heavy atom. The maximum atomic E-state index is 12.5. The summed E-state index contributed by atoms with van der Waals surface area (Å²) in [5, 5.41) is 6.46. The molecule has 0 radical (unpaired) electrons. The third-order valence-corrected chi connectivity index (χ3v) is 4.57. The number of aryl methyl sites for hydroxylation is 1. The highest BCUT2D eigenvalue weighted by atomic mass is 16.1. The van der Waals surface area contributed by atoms with E-state index in [2.05, 4.69) is 15.6 Å². The largest absolute Gasteiger partial charge is 0.382 e. The average molecular weight is 309 g/mol. The predicted molar refractivity (Wildman–Crippen MR) is 94.0 cm³/mol. The highest BCUT2D eigenvalue weighted by molar-refractivity contribution is 6.03. The summed E-state index contributed by atoms with van der Waals surface area (Å²) in [6.07, 6.45) is 6.65. The number of carbonyl (C=O) groups is 1. The SMILES string of the molecule is Cc1cccc(NC(=O)c2cc(NC3CCCC3)ccn2)c1C. The van der Waals surface area contributed by atoms with Gasteiger partial charge in [-0.25, -0.2) is 0 Å². The predicted octanol–water partition coefficient (Wildman–Crippen LogP) is 4.31. The van der Waals surface area contributed by atoms with Gasteiger partial charge in [-0.1, -0.05) is 25.0 Å². The van der Waals surface area contributed by atoms with Gasteiger partial charge in [-0.3, -0.25) is 9.78 Å². The van der Waals surface area contributed by atoms with Crippen LogP contribution in [0.15, 0.2) is 36.5 Å². The number of nitrogens with one attached hydrogen (secondary N) is 2. The number of nitrogens with zero attached hydrogens (tertiary/aromatic N) is 1. The number of aromatic nitrogens is 1. The molecule has 23 heavy (non-hydrogen) atoms. The second-order valence-electron chi connectivity index (χ2n) is 6.26. The van der Waals surface area contributed by atoms with E-state index in [1.54, 1.807) is 6.20 Å². The summed E-state index contributed by atoms with van der Waals surface area (Å²) >= 11 is 0. The van der Waals surface area contributed by atoms with Crippen molar-refractivity contribution < 1.29 is 4.79 Å². The summed E-state index contributed by atoms with van der Waals surface area (Å²) < 4.78 is 0. The molecule has 1 aromatic heterocycles. The second kappa shape index (κ2) is 6.82. The molecule has 1 fully saturated rings. The Labute approximate surface area is 137 Å². The molecule has 0 spiro atoms. The monoisotopic (exact) mass is 309 g/mol. The van der Waals surface area contributed by atoms with Crippen LogP contribution in [0.5, 0.6) is 0 Å². The highest BCUT2D eigenvalue weighted by Crippen LogP contribution is 2.23. The standard InChI is InChI=1S/C19H23N3O/c1-13-6-5-9-17(14(13)2)22-19(23)18-12-16(10-11-20-18)21-15-7-3-4-8-15/h5-6,9-12,15H,3-4,7-8H2,1-2H3,(H,20,21)(H,22,23). The van der Waals surface area contributed by atoms with Crippen molar-refractivity contribution in [3.63, 3.8) is 0 Å². The number of hydrogen-bond acceptors (Lipinski definition) is 3. The number of pyridine rings is 1. The molecule has 2 N–H and O–H groups in total. The molecule has 120 valence electrons. The Bertz CT molecular complexity index is 706. The van der Waals surface area contributed by atoms with E-state index in [0.717, 1.165) is 22.5 Å². The Morgan fingerprint density at radius 3 is 2.74 bits per heavy atom. The van der Waals surface area contributed by atoms with Crippen molar-refractivity contribution in [3.05, 3.63) is 53.3 Å². The number of carbonyl (C=O) groups excluding carboxylic acids is 1. The second-order valence-corrected chi connectivity index (χ2v) is 6.26. The van der Waals surface area contributed by atoms with E-state index in [9.17, 15) is 4.79 Å². The van der Waals surface area contributed by atoms with E-state index in [0.29, 0.717) is 11.7 Å². The van der Waals surface area contributed by atoms with Crippen molar-refractivity contribution in [2.24, 2.45) is 0 Å². The van der Waals surface area contributed by atoms with Crippen molar-refractivity contribution >= 4 is 17.3 Å². The first-order valence-corrected chi connectivity index (χ1v) is 8.23. The zero-order valence-electron chi connectivity index (χ0n) is 13.7. The summed E-state index contributed by atoms with van der Waals surface area (Å²) in [7, 11) is 0. The molecule has 2 aromatic rings. The number of benzene rings is 1. The van der Waals surface area contributed by atoms with Gasteiger partial charge < -0.3 is 10.6 Å². The van der Waals surface area contributed by atoms with Gasteiger partial charge in [-0.05, 0) is 56.0 Å². The van der Waals surface area contributed by atoms with E-state index in [1.165, 1.54) is 25.7 Å². The van der Waals surface area contributed by atoms with Gasteiger partial charge in [0.25, 0.3) is 5.91 Å². The minimum atomic E-state index is -0.172. The molecular formula is C19H23N3O. The summed E-state index contributed by atoms with van der Waals surface area (Å²) in [5.41, 5.74) is 4.49. The summed E-state index contributed by atoms with van der Waals surface area (Å²) in [6.45, 7) is 4.05. The number of rotatable bonds is 4. The molecule has 1 aromatic carbocycles. The lowest BCUT2D eigenvalue weighted by Crippen LogP contribution is -2.17. The first kappa shape index (κ1) is 15.5. The lowest BCUT2D eigenvalue weighted by atomic mass is 10.1. The summed E-state index contributed by atoms with van der Waals surface area (Å²) in [6, 6.07) is 10.2. The zero-order chi connectivity index (χ0) is 16.2. The van der Waals surface area contributed by atoms with Gasteiger partial charge in [0.2, 0.25) is 0 Å². The van der Waals surface area contributed by atoms with Crippen LogP contribution in [0.25, 0.3) is 0 Å². The number of anilines is 2. The van der Waals surface area contributed by atoms with Crippen molar-refractivity contribution in [1.29, 1.82) is 0 Å². The third kappa shape index (κ3) is 3.70. The van der Waals surface area contributed by atoms with E-state index in [4.69, 9.17) is 0 Å². The van der Waals surface area contributed by atoms with Gasteiger partial charge in [-0.15, -0.1) is 0 Å². The molecule has 1 aliphatic carbocycles. The van der Waals surface area contributed by atoms with Crippen molar-refractivity contribution in [2.45, 2.75) is 45.6 Å². The molecule has 4 heteroatoms. The van der Waals surface area contributed by atoms with Crippen LogP contribution in [0.2, 0.25) is 0 Å². The lowest BCUT2D eigenvalue weighted by Gasteiger charge is -2.14. The average Bonchev–Trinajstić information content (AvgIpc) is 3.05. The summed E-state index contributed by atoms with van der Waals surface area (Å²) in [4.78, 5) is 16.7. The fourth-order valence-electron chi connectivity index (χ4n) is 3.02. The van der Waals surface area contributed by atoms with E-state index in [-0.39, 0.29) is 5.91 Å². The van der Waals surface area contributed by atoms with Crippen LogP contribution >= 0.6 is 0 Å². The molecule has 1 heterocycles. The highest BCUT2D eigenvalue weighted by Gasteiger charge is 2.16. The van der Waals surface area contributed by atoms with E-state index in [1.807, 2.05) is 44.2 Å². The number of hydrogen-bond donors (Lipinski definition) is 2. The minimum absolute atomic E-state index is 0.172. The van der Waals surface area contributed by atoms with Gasteiger partial charge in [-0.2, -0.15) is 0 Å². The Hall–Kier alpha value is -2.36.